The highest BCUT2D eigenvalue weighted by Gasteiger charge is 2.29. The summed E-state index contributed by atoms with van der Waals surface area (Å²) in [5.41, 5.74) is 14.4. The van der Waals surface area contributed by atoms with Gasteiger partial charge in [0.15, 0.2) is 0 Å². The van der Waals surface area contributed by atoms with Gasteiger partial charge in [-0.1, -0.05) is 46.7 Å². The van der Waals surface area contributed by atoms with Crippen molar-refractivity contribution in [1.29, 1.82) is 0 Å². The van der Waals surface area contributed by atoms with E-state index in [1.807, 2.05) is 64.1 Å². The van der Waals surface area contributed by atoms with E-state index in [2.05, 4.69) is 40.8 Å². The molecule has 0 spiro atoms. The molecule has 15 heteroatoms. The van der Waals surface area contributed by atoms with Crippen molar-refractivity contribution in [2.75, 3.05) is 6.26 Å². The summed E-state index contributed by atoms with van der Waals surface area (Å²) in [4.78, 5) is 16.2. The van der Waals surface area contributed by atoms with Crippen LogP contribution >= 0.6 is 0 Å². The van der Waals surface area contributed by atoms with Gasteiger partial charge in [-0.15, -0.1) is 0 Å². The van der Waals surface area contributed by atoms with Crippen LogP contribution in [0.3, 0.4) is 0 Å². The lowest BCUT2D eigenvalue weighted by atomic mass is 10.0. The van der Waals surface area contributed by atoms with Gasteiger partial charge in [-0.05, 0) is 112 Å². The average Bonchev–Trinajstić information content (AvgIpc) is 4.02. The molecule has 58 heavy (non-hydrogen) atoms. The number of rotatable bonds is 10. The summed E-state index contributed by atoms with van der Waals surface area (Å²) >= 11 is 0. The van der Waals surface area contributed by atoms with E-state index in [9.17, 15) is 8.42 Å². The van der Waals surface area contributed by atoms with Crippen LogP contribution < -0.4 is 19.9 Å². The predicted molar refractivity (Wildman–Crippen MR) is 219 cm³/mol. The molecule has 0 bridgehead atoms. The summed E-state index contributed by atoms with van der Waals surface area (Å²) in [7, 11) is -3.31. The second kappa shape index (κ2) is 16.6. The highest BCUT2D eigenvalue weighted by Crippen LogP contribution is 2.40. The number of sulfonamides is 1. The summed E-state index contributed by atoms with van der Waals surface area (Å²) in [6.07, 6.45) is 4.36. The number of hydrogen-bond acceptors (Lipinski definition) is 11. The van der Waals surface area contributed by atoms with Crippen molar-refractivity contribution in [2.24, 2.45) is 5.73 Å². The highest BCUT2D eigenvalue weighted by molar-refractivity contribution is 7.88. The normalized spacial score (nSPS) is 15.6. The van der Waals surface area contributed by atoms with Crippen LogP contribution in [-0.4, -0.2) is 47.2 Å². The Morgan fingerprint density at radius 1 is 0.741 bits per heavy atom. The molecule has 296 valence electrons. The maximum atomic E-state index is 11.7. The Bertz CT molecular complexity index is 2670. The molecular formula is C43H42N8O6S. The predicted octanol–water partition coefficient (Wildman–Crippen LogP) is 8.97. The molecular weight excluding hydrogens is 757 g/mol. The largest absolute Gasteiger partial charge is 0.502 e. The summed E-state index contributed by atoms with van der Waals surface area (Å²) in [6, 6.07) is 22.0. The zero-order valence-electron chi connectivity index (χ0n) is 32.7. The summed E-state index contributed by atoms with van der Waals surface area (Å²) < 4.78 is 48.3. The quantitative estimate of drug-likeness (QED) is 0.126. The minimum absolute atomic E-state index is 0.00194. The van der Waals surface area contributed by atoms with Crippen molar-refractivity contribution in [3.8, 4) is 57.2 Å². The topological polar surface area (TPSA) is 177 Å². The lowest BCUT2D eigenvalue weighted by Crippen LogP contribution is -2.25. The van der Waals surface area contributed by atoms with Gasteiger partial charge in [0.1, 0.15) is 11.5 Å². The molecule has 2 aromatic heterocycles. The van der Waals surface area contributed by atoms with Crippen molar-refractivity contribution < 1.29 is 26.9 Å². The van der Waals surface area contributed by atoms with Gasteiger partial charge in [0.2, 0.25) is 33.0 Å². The van der Waals surface area contributed by atoms with E-state index in [0.717, 1.165) is 46.9 Å². The smallest absolute Gasteiger partial charge is 0.256 e. The number of ether oxygens (including phenoxy) is 2. The standard InChI is InChI=1S/C22H22N4O4S.C21H20N4O2/c1-13(2)29-20-11-8-14(12-19(20)23-3)22-24-21(25-30-22)17-7-5-6-16-15(17)9-10-18(16)26-31(4,27)28;1-12(2)26-19-10-7-13(11-18(19)23-3)21-24-20(25-27-21)16-6-4-5-15-14(16)8-9-17(15)22/h5-8,11-13,18,26H,9-10H2,1-2,4H3;4-7,10-12,17H,8-9,22H2,1-2H3/t18-;17-/m00/s1. The fraction of sp³-hybridized carbons (Fsp3) is 0.302. The zero-order chi connectivity index (χ0) is 41.1. The van der Waals surface area contributed by atoms with E-state index in [1.54, 1.807) is 30.3 Å². The molecule has 0 aliphatic heterocycles. The lowest BCUT2D eigenvalue weighted by Gasteiger charge is -2.12. The summed E-state index contributed by atoms with van der Waals surface area (Å²) in [5.74, 6) is 2.72. The third-order valence-electron chi connectivity index (χ3n) is 9.66. The van der Waals surface area contributed by atoms with Gasteiger partial charge in [0.05, 0.1) is 31.6 Å². The van der Waals surface area contributed by atoms with Crippen molar-refractivity contribution in [1.82, 2.24) is 25.0 Å². The van der Waals surface area contributed by atoms with E-state index < -0.39 is 10.0 Å². The Morgan fingerprint density at radius 3 is 1.71 bits per heavy atom. The number of nitrogens with zero attached hydrogens (tertiary/aromatic N) is 6. The molecule has 0 saturated carbocycles. The van der Waals surface area contributed by atoms with Crippen LogP contribution in [0.4, 0.5) is 11.4 Å². The van der Waals surface area contributed by atoms with Crippen LogP contribution in [-0.2, 0) is 22.9 Å². The van der Waals surface area contributed by atoms with Gasteiger partial charge in [0, 0.05) is 34.3 Å². The molecule has 8 rings (SSSR count). The van der Waals surface area contributed by atoms with Gasteiger partial charge >= 0.3 is 0 Å². The van der Waals surface area contributed by atoms with Gasteiger partial charge in [0.25, 0.3) is 11.8 Å². The molecule has 14 nitrogen and oxygen atoms in total. The molecule has 3 N–H and O–H groups in total. The molecule has 2 heterocycles. The summed E-state index contributed by atoms with van der Waals surface area (Å²) in [5, 5.41) is 8.29. The van der Waals surface area contributed by atoms with E-state index in [4.69, 9.17) is 37.4 Å². The van der Waals surface area contributed by atoms with Crippen molar-refractivity contribution >= 4 is 21.4 Å². The molecule has 0 fully saturated rings. The van der Waals surface area contributed by atoms with Gasteiger partial charge < -0.3 is 24.3 Å². The second-order valence-corrected chi connectivity index (χ2v) is 16.4. The fourth-order valence-electron chi connectivity index (χ4n) is 7.22. The Kier molecular flexibility index (Phi) is 11.4. The monoisotopic (exact) mass is 798 g/mol. The van der Waals surface area contributed by atoms with Crippen LogP contribution in [0.2, 0.25) is 0 Å². The molecule has 0 radical (unpaired) electrons. The van der Waals surface area contributed by atoms with Crippen LogP contribution in [0.1, 0.15) is 74.9 Å². The van der Waals surface area contributed by atoms with E-state index in [1.165, 1.54) is 5.56 Å². The minimum Gasteiger partial charge on any atom is -0.502 e. The maximum Gasteiger partial charge on any atom is 0.256 e. The van der Waals surface area contributed by atoms with Crippen molar-refractivity contribution in [3.63, 3.8) is 0 Å². The first-order valence-corrected chi connectivity index (χ1v) is 20.7. The molecule has 2 aliphatic rings. The molecule has 6 aromatic rings. The molecule has 2 atom stereocenters. The Hall–Kier alpha value is -6.39. The molecule has 0 amide bonds. The van der Waals surface area contributed by atoms with Crippen molar-refractivity contribution in [2.45, 2.75) is 77.7 Å². The SMILES string of the molecule is [C-]#[N+]c1cc(-c2nc(-c3cccc4c3CC[C@@H]4N)no2)ccc1OC(C)C.[C-]#[N+]c1cc(-c2nc(-c3cccc4c3CC[C@@H]4NS(C)(=O)=O)no2)ccc1OC(C)C. The first-order chi connectivity index (χ1) is 27.8. The Morgan fingerprint density at radius 2 is 1.22 bits per heavy atom. The fourth-order valence-corrected chi connectivity index (χ4v) is 7.99. The minimum atomic E-state index is -3.31. The Labute approximate surface area is 337 Å². The number of benzene rings is 4. The van der Waals surface area contributed by atoms with Crippen LogP contribution in [0.25, 0.3) is 55.4 Å². The maximum absolute atomic E-state index is 11.7. The number of fused-ring (bicyclic) bond motifs is 2. The molecule has 2 aliphatic carbocycles. The van der Waals surface area contributed by atoms with E-state index in [-0.39, 0.29) is 24.3 Å². The first-order valence-electron chi connectivity index (χ1n) is 18.8. The number of nitrogens with one attached hydrogen (secondary N) is 1. The average molecular weight is 799 g/mol. The third-order valence-corrected chi connectivity index (χ3v) is 10.4. The number of aromatic nitrogens is 4. The van der Waals surface area contributed by atoms with Gasteiger partial charge in [-0.2, -0.15) is 9.97 Å². The lowest BCUT2D eigenvalue weighted by molar-refractivity contribution is 0.244. The number of nitrogens with two attached hydrogens (primary N) is 1. The van der Waals surface area contributed by atoms with Crippen molar-refractivity contribution in [3.05, 3.63) is 118 Å². The number of hydrogen-bond donors (Lipinski definition) is 2. The van der Waals surface area contributed by atoms with E-state index >= 15 is 0 Å². The third kappa shape index (κ3) is 8.62. The van der Waals surface area contributed by atoms with E-state index in [0.29, 0.717) is 70.3 Å². The van der Waals surface area contributed by atoms with Crippen LogP contribution in [0.5, 0.6) is 11.5 Å². The van der Waals surface area contributed by atoms with Crippen LogP contribution in [0.15, 0.2) is 81.8 Å². The molecule has 0 saturated heterocycles. The summed E-state index contributed by atoms with van der Waals surface area (Å²) in [6.45, 7) is 22.5. The van der Waals surface area contributed by atoms with Gasteiger partial charge in [-0.25, -0.2) is 22.8 Å². The Balaban J connectivity index is 0.000000178. The van der Waals surface area contributed by atoms with Crippen LogP contribution in [0, 0.1) is 13.1 Å². The first kappa shape index (κ1) is 39.8. The molecule has 0 unspecified atom stereocenters. The molecule has 4 aromatic carbocycles. The zero-order valence-corrected chi connectivity index (χ0v) is 33.5. The second-order valence-electron chi connectivity index (χ2n) is 14.6. The van der Waals surface area contributed by atoms with Gasteiger partial charge in [-0.3, -0.25) is 0 Å². The highest BCUT2D eigenvalue weighted by atomic mass is 32.2.